The van der Waals surface area contributed by atoms with Gasteiger partial charge in [0.05, 0.1) is 5.69 Å². The predicted molar refractivity (Wildman–Crippen MR) is 122 cm³/mol. The van der Waals surface area contributed by atoms with Gasteiger partial charge in [0.15, 0.2) is 0 Å². The van der Waals surface area contributed by atoms with Crippen LogP contribution in [0.2, 0.25) is 0 Å². The van der Waals surface area contributed by atoms with Crippen LogP contribution in [0.25, 0.3) is 0 Å². The Morgan fingerprint density at radius 1 is 0.857 bits per heavy atom. The fraction of sp³-hybridized carbons (Fsp3) is 0.125. The maximum absolute atomic E-state index is 6.03. The summed E-state index contributed by atoms with van der Waals surface area (Å²) in [5.41, 5.74) is 3.81. The van der Waals surface area contributed by atoms with Gasteiger partial charge in [-0.15, -0.1) is 0 Å². The van der Waals surface area contributed by atoms with Crippen LogP contribution in [-0.4, -0.2) is 5.90 Å². The summed E-state index contributed by atoms with van der Waals surface area (Å²) in [7, 11) is 3.36. The van der Waals surface area contributed by atoms with E-state index in [4.69, 9.17) is 9.73 Å². The number of hydrogen-bond acceptors (Lipinski definition) is 4. The lowest BCUT2D eigenvalue weighted by atomic mass is 10.1. The minimum Gasteiger partial charge on any atom is -0.439 e. The summed E-state index contributed by atoms with van der Waals surface area (Å²) < 4.78 is 6.03. The first-order chi connectivity index (χ1) is 13.9. The Balaban J connectivity index is 1.50. The first-order valence-electron chi connectivity index (χ1n) is 9.35. The van der Waals surface area contributed by atoms with Crippen molar-refractivity contribution >= 4 is 33.2 Å². The molecule has 1 aliphatic rings. The molecule has 0 aliphatic heterocycles. The molecule has 0 bridgehead atoms. The Morgan fingerprint density at radius 2 is 1.61 bits per heavy atom. The van der Waals surface area contributed by atoms with Crippen molar-refractivity contribution in [2.45, 2.75) is 24.2 Å². The molecule has 0 N–H and O–H groups in total. The van der Waals surface area contributed by atoms with E-state index in [9.17, 15) is 0 Å². The highest BCUT2D eigenvalue weighted by Gasteiger charge is 2.11. The van der Waals surface area contributed by atoms with Crippen LogP contribution < -0.4 is 4.74 Å². The maximum atomic E-state index is 6.03. The van der Waals surface area contributed by atoms with E-state index in [2.05, 4.69) is 30.3 Å². The smallest absolute Gasteiger partial charge is 0.220 e. The molecule has 0 atom stereocenters. The molecule has 4 rings (SSSR count). The Kier molecular flexibility index (Phi) is 6.53. The zero-order valence-electron chi connectivity index (χ0n) is 15.5. The summed E-state index contributed by atoms with van der Waals surface area (Å²) in [5.74, 6) is 1.37. The number of ether oxygens (including phenoxy) is 1. The SMILES string of the molecule is C(=C\C(=Nc1ccc2c(c1)CCC2)Oc1ccccc1)/SSc1ccccc1. The molecule has 3 aromatic carbocycles. The minimum atomic E-state index is 0.588. The van der Waals surface area contributed by atoms with Crippen LogP contribution in [-0.2, 0) is 12.8 Å². The zero-order valence-corrected chi connectivity index (χ0v) is 17.1. The predicted octanol–water partition coefficient (Wildman–Crippen LogP) is 7.24. The first-order valence-corrected chi connectivity index (χ1v) is 11.6. The molecule has 0 heterocycles. The second kappa shape index (κ2) is 9.67. The summed E-state index contributed by atoms with van der Waals surface area (Å²) >= 11 is 0. The van der Waals surface area contributed by atoms with Gasteiger partial charge < -0.3 is 4.74 Å². The minimum absolute atomic E-state index is 0.588. The van der Waals surface area contributed by atoms with Gasteiger partial charge in [-0.1, -0.05) is 64.1 Å². The second-order valence-corrected chi connectivity index (χ2v) is 8.65. The van der Waals surface area contributed by atoms with E-state index >= 15 is 0 Å². The Morgan fingerprint density at radius 3 is 2.43 bits per heavy atom. The molecule has 3 aromatic rings. The summed E-state index contributed by atoms with van der Waals surface area (Å²) in [6.07, 6.45) is 5.50. The highest BCUT2D eigenvalue weighted by Crippen LogP contribution is 2.31. The van der Waals surface area contributed by atoms with Gasteiger partial charge in [-0.2, -0.15) is 0 Å². The molecule has 0 saturated carbocycles. The van der Waals surface area contributed by atoms with Gasteiger partial charge in [0.25, 0.3) is 0 Å². The average molecular weight is 404 g/mol. The van der Waals surface area contributed by atoms with Crippen LogP contribution in [0.4, 0.5) is 5.69 Å². The van der Waals surface area contributed by atoms with Crippen LogP contribution in [0.5, 0.6) is 5.75 Å². The molecule has 28 heavy (non-hydrogen) atoms. The Labute approximate surface area is 174 Å². The van der Waals surface area contributed by atoms with Gasteiger partial charge >= 0.3 is 0 Å². The highest BCUT2D eigenvalue weighted by atomic mass is 33.1. The van der Waals surface area contributed by atoms with Crippen molar-refractivity contribution in [2.75, 3.05) is 0 Å². The number of hydrogen-bond donors (Lipinski definition) is 0. The average Bonchev–Trinajstić information content (AvgIpc) is 3.20. The van der Waals surface area contributed by atoms with Crippen molar-refractivity contribution in [3.63, 3.8) is 0 Å². The number of benzene rings is 3. The third-order valence-corrected chi connectivity index (χ3v) is 6.45. The van der Waals surface area contributed by atoms with E-state index in [0.717, 1.165) is 17.9 Å². The van der Waals surface area contributed by atoms with Crippen LogP contribution in [0.3, 0.4) is 0 Å². The van der Waals surface area contributed by atoms with Crippen LogP contribution in [0, 0.1) is 0 Å². The fourth-order valence-electron chi connectivity index (χ4n) is 3.10. The highest BCUT2D eigenvalue weighted by molar-refractivity contribution is 8.77. The summed E-state index contributed by atoms with van der Waals surface area (Å²) in [5, 5.41) is 2.02. The van der Waals surface area contributed by atoms with Gasteiger partial charge in [-0.3, -0.25) is 0 Å². The molecule has 4 heteroatoms. The summed E-state index contributed by atoms with van der Waals surface area (Å²) in [6, 6.07) is 26.6. The fourth-order valence-corrected chi connectivity index (χ4v) is 4.71. The van der Waals surface area contributed by atoms with Crippen molar-refractivity contribution in [3.05, 3.63) is 101 Å². The molecule has 0 saturated heterocycles. The largest absolute Gasteiger partial charge is 0.439 e. The molecule has 2 nitrogen and oxygen atoms in total. The van der Waals surface area contributed by atoms with Gasteiger partial charge in [0, 0.05) is 11.0 Å². The Hall–Kier alpha value is -2.43. The van der Waals surface area contributed by atoms with E-state index in [1.54, 1.807) is 21.6 Å². The van der Waals surface area contributed by atoms with E-state index in [1.807, 2.05) is 60.0 Å². The van der Waals surface area contributed by atoms with Gasteiger partial charge in [0.1, 0.15) is 5.75 Å². The normalized spacial score (nSPS) is 13.6. The van der Waals surface area contributed by atoms with E-state index in [0.29, 0.717) is 5.90 Å². The number of aryl methyl sites for hydroxylation is 2. The van der Waals surface area contributed by atoms with Gasteiger partial charge in [-0.25, -0.2) is 4.99 Å². The molecule has 140 valence electrons. The third-order valence-electron chi connectivity index (χ3n) is 4.44. The molecule has 0 amide bonds. The second-order valence-electron chi connectivity index (χ2n) is 6.47. The van der Waals surface area contributed by atoms with Crippen LogP contribution in [0.1, 0.15) is 17.5 Å². The Bertz CT molecular complexity index is 968. The van der Waals surface area contributed by atoms with E-state index < -0.39 is 0 Å². The molecule has 0 radical (unpaired) electrons. The maximum Gasteiger partial charge on any atom is 0.220 e. The number of nitrogens with zero attached hydrogens (tertiary/aromatic N) is 1. The lowest BCUT2D eigenvalue weighted by Gasteiger charge is -2.06. The molecular weight excluding hydrogens is 382 g/mol. The van der Waals surface area contributed by atoms with E-state index in [1.165, 1.54) is 28.9 Å². The molecule has 0 aromatic heterocycles. The molecule has 0 unspecified atom stereocenters. The first kappa shape index (κ1) is 18.9. The third kappa shape index (κ3) is 5.31. The summed E-state index contributed by atoms with van der Waals surface area (Å²) in [6.45, 7) is 0. The van der Waals surface area contributed by atoms with E-state index in [-0.39, 0.29) is 0 Å². The van der Waals surface area contributed by atoms with Gasteiger partial charge in [-0.05, 0) is 72.2 Å². The van der Waals surface area contributed by atoms with Crippen molar-refractivity contribution in [1.29, 1.82) is 0 Å². The van der Waals surface area contributed by atoms with Gasteiger partial charge in [0.2, 0.25) is 5.90 Å². The number of aliphatic imine (C=N–C) groups is 1. The lowest BCUT2D eigenvalue weighted by molar-refractivity contribution is 0.556. The van der Waals surface area contributed by atoms with Crippen molar-refractivity contribution in [3.8, 4) is 5.75 Å². The van der Waals surface area contributed by atoms with Crippen molar-refractivity contribution < 1.29 is 4.74 Å². The standard InChI is InChI=1S/C24H21NOS2/c1-3-10-22(11-4-1)26-24(16-17-27-28-23-12-5-2-6-13-23)25-21-15-14-19-8-7-9-20(19)18-21/h1-6,10-18H,7-9H2/b17-16+,25-24?. The molecular formula is C24H21NOS2. The number of para-hydroxylation sites is 1. The van der Waals surface area contributed by atoms with Crippen LogP contribution in [0.15, 0.2) is 100 Å². The molecule has 0 spiro atoms. The number of fused-ring (bicyclic) bond motifs is 1. The summed E-state index contributed by atoms with van der Waals surface area (Å²) in [4.78, 5) is 5.98. The molecule has 1 aliphatic carbocycles. The molecule has 0 fully saturated rings. The quantitative estimate of drug-likeness (QED) is 0.246. The lowest BCUT2D eigenvalue weighted by Crippen LogP contribution is -2.04. The van der Waals surface area contributed by atoms with Crippen molar-refractivity contribution in [1.82, 2.24) is 0 Å². The zero-order chi connectivity index (χ0) is 19.0. The topological polar surface area (TPSA) is 21.6 Å². The van der Waals surface area contributed by atoms with Crippen LogP contribution >= 0.6 is 21.6 Å². The monoisotopic (exact) mass is 403 g/mol. The number of rotatable bonds is 6. The van der Waals surface area contributed by atoms with Crippen molar-refractivity contribution in [2.24, 2.45) is 4.99 Å².